The van der Waals surface area contributed by atoms with Gasteiger partial charge in [0.1, 0.15) is 5.75 Å². The fourth-order valence-corrected chi connectivity index (χ4v) is 2.90. The zero-order valence-corrected chi connectivity index (χ0v) is 12.1. The molecule has 2 nitrogen and oxygen atoms in total. The molecule has 2 N–H and O–H groups in total. The minimum atomic E-state index is 0.517. The van der Waals surface area contributed by atoms with E-state index in [-0.39, 0.29) is 0 Å². The fourth-order valence-electron chi connectivity index (χ4n) is 2.90. The molecule has 1 aromatic carbocycles. The first-order valence-corrected chi connectivity index (χ1v) is 7.72. The molecule has 0 aliphatic heterocycles. The van der Waals surface area contributed by atoms with E-state index in [1.54, 1.807) is 0 Å². The molecule has 1 atom stereocenters. The van der Waals surface area contributed by atoms with Crippen LogP contribution in [0.15, 0.2) is 24.3 Å². The Morgan fingerprint density at radius 3 is 2.79 bits per heavy atom. The zero-order valence-electron chi connectivity index (χ0n) is 12.1. The van der Waals surface area contributed by atoms with Gasteiger partial charge in [-0.1, -0.05) is 38.3 Å². The molecule has 2 heteroatoms. The summed E-state index contributed by atoms with van der Waals surface area (Å²) in [6, 6.07) is 8.52. The highest BCUT2D eigenvalue weighted by Crippen LogP contribution is 2.26. The summed E-state index contributed by atoms with van der Waals surface area (Å²) in [4.78, 5) is 0. The summed E-state index contributed by atoms with van der Waals surface area (Å²) >= 11 is 0. The lowest BCUT2D eigenvalue weighted by Crippen LogP contribution is -2.15. The Kier molecular flexibility index (Phi) is 5.71. The lowest BCUT2D eigenvalue weighted by Gasteiger charge is -2.22. The van der Waals surface area contributed by atoms with Crippen LogP contribution in [-0.4, -0.2) is 13.2 Å². The predicted molar refractivity (Wildman–Crippen MR) is 80.6 cm³/mol. The molecular weight excluding hydrogens is 234 g/mol. The lowest BCUT2D eigenvalue weighted by atomic mass is 9.90. The molecule has 0 heterocycles. The Balaban J connectivity index is 1.87. The quantitative estimate of drug-likeness (QED) is 0.836. The summed E-state index contributed by atoms with van der Waals surface area (Å²) in [5, 5.41) is 0. The van der Waals surface area contributed by atoms with Crippen LogP contribution < -0.4 is 10.5 Å². The first kappa shape index (κ1) is 14.4. The standard InChI is InChI=1S/C17H27NO/c1-14(10-11-18)16-8-5-9-17(12-16)19-13-15-6-3-2-4-7-15/h5,8-9,12,14-15H,2-4,6-7,10-11,13,18H2,1H3. The van der Waals surface area contributed by atoms with E-state index in [0.717, 1.165) is 31.2 Å². The summed E-state index contributed by atoms with van der Waals surface area (Å²) < 4.78 is 5.98. The van der Waals surface area contributed by atoms with Crippen molar-refractivity contribution in [3.63, 3.8) is 0 Å². The van der Waals surface area contributed by atoms with Gasteiger partial charge in [-0.05, 0) is 55.3 Å². The van der Waals surface area contributed by atoms with Gasteiger partial charge in [0.05, 0.1) is 6.61 Å². The maximum atomic E-state index is 5.98. The molecule has 0 bridgehead atoms. The molecule has 1 fully saturated rings. The normalized spacial score (nSPS) is 18.2. The fraction of sp³-hybridized carbons (Fsp3) is 0.647. The summed E-state index contributed by atoms with van der Waals surface area (Å²) in [6.07, 6.45) is 7.87. The van der Waals surface area contributed by atoms with Gasteiger partial charge >= 0.3 is 0 Å². The molecule has 19 heavy (non-hydrogen) atoms. The Labute approximate surface area is 117 Å². The summed E-state index contributed by atoms with van der Waals surface area (Å²) in [7, 11) is 0. The van der Waals surface area contributed by atoms with E-state index >= 15 is 0 Å². The summed E-state index contributed by atoms with van der Waals surface area (Å²) in [5.74, 6) is 2.30. The predicted octanol–water partition coefficient (Wildman–Crippen LogP) is 4.10. The number of benzene rings is 1. The summed E-state index contributed by atoms with van der Waals surface area (Å²) in [6.45, 7) is 3.86. The number of ether oxygens (including phenoxy) is 1. The molecule has 1 aliphatic carbocycles. The van der Waals surface area contributed by atoms with Crippen molar-refractivity contribution >= 4 is 0 Å². The molecule has 2 rings (SSSR count). The van der Waals surface area contributed by atoms with Crippen LogP contribution in [0, 0.1) is 5.92 Å². The van der Waals surface area contributed by atoms with Crippen LogP contribution in [0.25, 0.3) is 0 Å². The van der Waals surface area contributed by atoms with Gasteiger partial charge in [0, 0.05) is 0 Å². The van der Waals surface area contributed by atoms with Crippen LogP contribution in [0.2, 0.25) is 0 Å². The molecule has 1 aromatic rings. The Morgan fingerprint density at radius 2 is 2.05 bits per heavy atom. The van der Waals surface area contributed by atoms with Crippen molar-refractivity contribution in [1.29, 1.82) is 0 Å². The van der Waals surface area contributed by atoms with Crippen molar-refractivity contribution in [2.45, 2.75) is 51.4 Å². The van der Waals surface area contributed by atoms with Crippen LogP contribution in [0.3, 0.4) is 0 Å². The first-order valence-electron chi connectivity index (χ1n) is 7.72. The van der Waals surface area contributed by atoms with E-state index < -0.39 is 0 Å². The third-order valence-electron chi connectivity index (χ3n) is 4.24. The van der Waals surface area contributed by atoms with Gasteiger partial charge in [0.25, 0.3) is 0 Å². The van der Waals surface area contributed by atoms with E-state index in [1.807, 2.05) is 0 Å². The average molecular weight is 261 g/mol. The second-order valence-corrected chi connectivity index (χ2v) is 5.87. The highest BCUT2D eigenvalue weighted by molar-refractivity contribution is 5.30. The number of nitrogens with two attached hydrogens (primary N) is 1. The van der Waals surface area contributed by atoms with Crippen molar-refractivity contribution in [2.75, 3.05) is 13.2 Å². The average Bonchev–Trinajstić information content (AvgIpc) is 2.47. The van der Waals surface area contributed by atoms with Crippen LogP contribution in [0.5, 0.6) is 5.75 Å². The van der Waals surface area contributed by atoms with Gasteiger partial charge in [-0.15, -0.1) is 0 Å². The smallest absolute Gasteiger partial charge is 0.119 e. The lowest BCUT2D eigenvalue weighted by molar-refractivity contribution is 0.208. The third kappa shape index (κ3) is 4.54. The Hall–Kier alpha value is -1.02. The highest BCUT2D eigenvalue weighted by Gasteiger charge is 2.14. The highest BCUT2D eigenvalue weighted by atomic mass is 16.5. The molecule has 0 spiro atoms. The Bertz CT molecular complexity index is 371. The monoisotopic (exact) mass is 261 g/mol. The van der Waals surface area contributed by atoms with E-state index in [1.165, 1.54) is 37.7 Å². The molecular formula is C17H27NO. The van der Waals surface area contributed by atoms with Crippen molar-refractivity contribution in [3.8, 4) is 5.75 Å². The molecule has 0 saturated heterocycles. The van der Waals surface area contributed by atoms with Gasteiger partial charge in [0.15, 0.2) is 0 Å². The van der Waals surface area contributed by atoms with Crippen LogP contribution >= 0.6 is 0 Å². The van der Waals surface area contributed by atoms with Gasteiger partial charge in [-0.25, -0.2) is 0 Å². The second-order valence-electron chi connectivity index (χ2n) is 5.87. The first-order chi connectivity index (χ1) is 9.29. The molecule has 1 unspecified atom stereocenters. The van der Waals surface area contributed by atoms with Crippen molar-refractivity contribution < 1.29 is 4.74 Å². The molecule has 106 valence electrons. The third-order valence-corrected chi connectivity index (χ3v) is 4.24. The van der Waals surface area contributed by atoms with Crippen molar-refractivity contribution in [3.05, 3.63) is 29.8 Å². The Morgan fingerprint density at radius 1 is 1.26 bits per heavy atom. The SMILES string of the molecule is CC(CCN)c1cccc(OCC2CCCCC2)c1. The number of rotatable bonds is 6. The van der Waals surface area contributed by atoms with E-state index in [9.17, 15) is 0 Å². The van der Waals surface area contributed by atoms with Crippen LogP contribution in [0.4, 0.5) is 0 Å². The second kappa shape index (κ2) is 7.54. The minimum absolute atomic E-state index is 0.517. The molecule has 1 saturated carbocycles. The van der Waals surface area contributed by atoms with Crippen LogP contribution in [0.1, 0.15) is 56.9 Å². The van der Waals surface area contributed by atoms with Gasteiger partial charge < -0.3 is 10.5 Å². The van der Waals surface area contributed by atoms with Gasteiger partial charge in [-0.2, -0.15) is 0 Å². The maximum absolute atomic E-state index is 5.98. The van der Waals surface area contributed by atoms with Gasteiger partial charge in [0.2, 0.25) is 0 Å². The number of hydrogen-bond acceptors (Lipinski definition) is 2. The summed E-state index contributed by atoms with van der Waals surface area (Å²) in [5.41, 5.74) is 6.97. The molecule has 0 amide bonds. The maximum Gasteiger partial charge on any atom is 0.119 e. The van der Waals surface area contributed by atoms with Crippen LogP contribution in [-0.2, 0) is 0 Å². The van der Waals surface area contributed by atoms with Crippen molar-refractivity contribution in [2.24, 2.45) is 11.7 Å². The molecule has 0 aromatic heterocycles. The van der Waals surface area contributed by atoms with E-state index in [0.29, 0.717) is 5.92 Å². The van der Waals surface area contributed by atoms with E-state index in [4.69, 9.17) is 10.5 Å². The largest absolute Gasteiger partial charge is 0.493 e. The van der Waals surface area contributed by atoms with E-state index in [2.05, 4.69) is 31.2 Å². The minimum Gasteiger partial charge on any atom is -0.493 e. The van der Waals surface area contributed by atoms with Crippen molar-refractivity contribution in [1.82, 2.24) is 0 Å². The van der Waals surface area contributed by atoms with Gasteiger partial charge in [-0.3, -0.25) is 0 Å². The zero-order chi connectivity index (χ0) is 13.5. The topological polar surface area (TPSA) is 35.2 Å². The number of hydrogen-bond donors (Lipinski definition) is 1. The molecule has 0 radical (unpaired) electrons. The molecule has 1 aliphatic rings.